The molecule has 0 unspecified atom stereocenters. The standard InChI is InChI=1S/C20H25ClN2O3S.C4H9N/c1-4-6-9-23(5-2)17-10-14(20(24)25)11-18(27-22)19(17)26-15-8-7-13(3)16(21)12-15;1-2-4-5-3-1/h7-8,10-12H,4-6,9,22H2,1-3H3,(H,24,25);5H,1-4H2. The van der Waals surface area contributed by atoms with Crippen molar-refractivity contribution in [2.24, 2.45) is 5.14 Å². The van der Waals surface area contributed by atoms with Crippen molar-refractivity contribution in [3.8, 4) is 11.5 Å². The second-order valence-corrected chi connectivity index (χ2v) is 8.73. The number of aryl methyl sites for hydroxylation is 1. The van der Waals surface area contributed by atoms with Gasteiger partial charge >= 0.3 is 5.97 Å². The molecule has 1 saturated heterocycles. The molecule has 4 N–H and O–H groups in total. The maximum absolute atomic E-state index is 11.6. The van der Waals surface area contributed by atoms with E-state index in [9.17, 15) is 9.90 Å². The van der Waals surface area contributed by atoms with Gasteiger partial charge in [0.25, 0.3) is 0 Å². The van der Waals surface area contributed by atoms with Crippen molar-refractivity contribution in [1.29, 1.82) is 0 Å². The summed E-state index contributed by atoms with van der Waals surface area (Å²) in [5.41, 5.74) is 1.86. The van der Waals surface area contributed by atoms with E-state index in [1.165, 1.54) is 32.0 Å². The largest absolute Gasteiger partial charge is 0.478 e. The van der Waals surface area contributed by atoms with E-state index in [0.717, 1.165) is 49.1 Å². The lowest BCUT2D eigenvalue weighted by Gasteiger charge is -2.27. The van der Waals surface area contributed by atoms with Crippen molar-refractivity contribution < 1.29 is 14.6 Å². The first-order chi connectivity index (χ1) is 15.4. The number of ether oxygens (including phenoxy) is 1. The number of aromatic carboxylic acids is 1. The molecule has 2 aromatic carbocycles. The number of carboxylic acid groups (broad SMARTS) is 1. The predicted octanol–water partition coefficient (Wildman–Crippen LogP) is 6.10. The summed E-state index contributed by atoms with van der Waals surface area (Å²) in [6.45, 7) is 10.1. The lowest BCUT2D eigenvalue weighted by molar-refractivity contribution is 0.0696. The molecule has 0 atom stereocenters. The summed E-state index contributed by atoms with van der Waals surface area (Å²) in [5.74, 6) is 0.130. The molecule has 8 heteroatoms. The minimum absolute atomic E-state index is 0.183. The average molecular weight is 480 g/mol. The first-order valence-corrected chi connectivity index (χ1v) is 12.3. The summed E-state index contributed by atoms with van der Waals surface area (Å²) in [5, 5.41) is 19.1. The molecule has 1 aliphatic heterocycles. The van der Waals surface area contributed by atoms with E-state index in [1.54, 1.807) is 12.1 Å². The van der Waals surface area contributed by atoms with Crippen LogP contribution in [-0.2, 0) is 0 Å². The van der Waals surface area contributed by atoms with Gasteiger partial charge < -0.3 is 20.1 Å². The summed E-state index contributed by atoms with van der Waals surface area (Å²) in [6, 6.07) is 8.65. The molecule has 0 aliphatic carbocycles. The Morgan fingerprint density at radius 3 is 2.47 bits per heavy atom. The van der Waals surface area contributed by atoms with E-state index in [-0.39, 0.29) is 5.56 Å². The second-order valence-electron chi connectivity index (χ2n) is 7.65. The fourth-order valence-corrected chi connectivity index (χ4v) is 3.93. The SMILES string of the molecule is C1CCNC1.CCCCN(CC)c1cc(C(=O)O)cc(SN)c1Oc1ccc(C)c(Cl)c1. The fourth-order valence-electron chi connectivity index (χ4n) is 3.31. The van der Waals surface area contributed by atoms with Crippen molar-refractivity contribution in [2.45, 2.75) is 51.3 Å². The van der Waals surface area contributed by atoms with Crippen LogP contribution in [0.4, 0.5) is 5.69 Å². The van der Waals surface area contributed by atoms with Crippen LogP contribution >= 0.6 is 23.5 Å². The third-order valence-electron chi connectivity index (χ3n) is 5.23. The maximum Gasteiger partial charge on any atom is 0.335 e. The molecule has 0 amide bonds. The minimum Gasteiger partial charge on any atom is -0.478 e. The first kappa shape index (κ1) is 26.3. The quantitative estimate of drug-likeness (QED) is 0.374. The Balaban J connectivity index is 0.000000636. The Bertz CT molecular complexity index is 883. The van der Waals surface area contributed by atoms with Crippen molar-refractivity contribution in [2.75, 3.05) is 31.1 Å². The van der Waals surface area contributed by atoms with E-state index in [0.29, 0.717) is 21.4 Å². The molecule has 1 aliphatic rings. The van der Waals surface area contributed by atoms with E-state index in [2.05, 4.69) is 17.1 Å². The number of halogens is 1. The summed E-state index contributed by atoms with van der Waals surface area (Å²) in [4.78, 5) is 14.2. The van der Waals surface area contributed by atoms with Crippen molar-refractivity contribution in [3.05, 3.63) is 46.5 Å². The number of unbranched alkanes of at least 4 members (excludes halogenated alkanes) is 1. The summed E-state index contributed by atoms with van der Waals surface area (Å²) in [6.07, 6.45) is 4.81. The highest BCUT2D eigenvalue weighted by Crippen LogP contribution is 2.41. The Kier molecular flexibility index (Phi) is 11.2. The highest BCUT2D eigenvalue weighted by molar-refractivity contribution is 7.97. The van der Waals surface area contributed by atoms with Crippen molar-refractivity contribution >= 4 is 35.2 Å². The molecule has 0 bridgehead atoms. The Hall–Kier alpha value is -1.93. The van der Waals surface area contributed by atoms with Crippen LogP contribution in [0.1, 0.15) is 55.5 Å². The third kappa shape index (κ3) is 7.59. The van der Waals surface area contributed by atoms with Gasteiger partial charge in [-0.2, -0.15) is 0 Å². The number of hydrogen-bond donors (Lipinski definition) is 3. The van der Waals surface area contributed by atoms with Crippen LogP contribution in [0.15, 0.2) is 35.2 Å². The number of hydrogen-bond acceptors (Lipinski definition) is 6. The van der Waals surface area contributed by atoms with E-state index >= 15 is 0 Å². The number of nitrogens with two attached hydrogens (primary N) is 1. The van der Waals surface area contributed by atoms with Gasteiger partial charge in [-0.15, -0.1) is 0 Å². The highest BCUT2D eigenvalue weighted by Gasteiger charge is 2.20. The van der Waals surface area contributed by atoms with Gasteiger partial charge in [-0.05, 0) is 88.0 Å². The molecule has 32 heavy (non-hydrogen) atoms. The molecule has 3 rings (SSSR count). The molecule has 0 spiro atoms. The predicted molar refractivity (Wildman–Crippen MR) is 135 cm³/mol. The van der Waals surface area contributed by atoms with Gasteiger partial charge in [-0.25, -0.2) is 4.79 Å². The molecule has 6 nitrogen and oxygen atoms in total. The lowest BCUT2D eigenvalue weighted by atomic mass is 10.1. The van der Waals surface area contributed by atoms with Gasteiger partial charge in [-0.1, -0.05) is 31.0 Å². The number of benzene rings is 2. The molecule has 0 aromatic heterocycles. The van der Waals surface area contributed by atoms with Gasteiger partial charge in [0.1, 0.15) is 5.75 Å². The van der Waals surface area contributed by atoms with Gasteiger partial charge in [0.05, 0.1) is 16.1 Å². The van der Waals surface area contributed by atoms with Gasteiger partial charge in [0.2, 0.25) is 0 Å². The number of nitrogens with one attached hydrogen (secondary N) is 1. The minimum atomic E-state index is -0.997. The monoisotopic (exact) mass is 479 g/mol. The summed E-state index contributed by atoms with van der Waals surface area (Å²) in [7, 11) is 0. The molecular formula is C24H34ClN3O3S. The van der Waals surface area contributed by atoms with Crippen LogP contribution < -0.4 is 20.1 Å². The molecule has 0 saturated carbocycles. The Morgan fingerprint density at radius 1 is 1.25 bits per heavy atom. The molecule has 176 valence electrons. The molecule has 1 fully saturated rings. The number of anilines is 1. The summed E-state index contributed by atoms with van der Waals surface area (Å²) < 4.78 is 6.14. The van der Waals surface area contributed by atoms with E-state index in [1.807, 2.05) is 26.0 Å². The zero-order valence-corrected chi connectivity index (χ0v) is 20.7. The number of nitrogens with zero attached hydrogens (tertiary/aromatic N) is 1. The maximum atomic E-state index is 11.6. The molecule has 0 radical (unpaired) electrons. The normalized spacial score (nSPS) is 12.8. The lowest BCUT2D eigenvalue weighted by Crippen LogP contribution is -2.25. The van der Waals surface area contributed by atoms with Crippen LogP contribution in [0.25, 0.3) is 0 Å². The third-order valence-corrected chi connectivity index (χ3v) is 6.20. The zero-order chi connectivity index (χ0) is 23.5. The Labute approximate surface area is 200 Å². The van der Waals surface area contributed by atoms with Crippen LogP contribution in [0.3, 0.4) is 0 Å². The highest BCUT2D eigenvalue weighted by atomic mass is 35.5. The number of rotatable bonds is 9. The second kappa shape index (κ2) is 13.6. The number of carboxylic acids is 1. The topological polar surface area (TPSA) is 87.8 Å². The smallest absolute Gasteiger partial charge is 0.335 e. The molecule has 1 heterocycles. The van der Waals surface area contributed by atoms with Gasteiger partial charge in [0, 0.05) is 18.1 Å². The summed E-state index contributed by atoms with van der Waals surface area (Å²) >= 11 is 7.19. The van der Waals surface area contributed by atoms with Crippen LogP contribution in [-0.4, -0.2) is 37.3 Å². The van der Waals surface area contributed by atoms with Crippen LogP contribution in [0.2, 0.25) is 5.02 Å². The first-order valence-electron chi connectivity index (χ1n) is 11.1. The number of carbonyl (C=O) groups is 1. The van der Waals surface area contributed by atoms with Gasteiger partial charge in [0.15, 0.2) is 5.75 Å². The average Bonchev–Trinajstić information content (AvgIpc) is 3.37. The van der Waals surface area contributed by atoms with E-state index in [4.69, 9.17) is 21.5 Å². The van der Waals surface area contributed by atoms with Crippen molar-refractivity contribution in [3.63, 3.8) is 0 Å². The fraction of sp³-hybridized carbons (Fsp3) is 0.458. The van der Waals surface area contributed by atoms with Crippen LogP contribution in [0.5, 0.6) is 11.5 Å². The zero-order valence-electron chi connectivity index (χ0n) is 19.1. The van der Waals surface area contributed by atoms with Gasteiger partial charge in [-0.3, -0.25) is 5.14 Å². The molecule has 2 aromatic rings. The molecular weight excluding hydrogens is 446 g/mol. The van der Waals surface area contributed by atoms with E-state index < -0.39 is 5.97 Å². The Morgan fingerprint density at radius 2 is 1.97 bits per heavy atom. The van der Waals surface area contributed by atoms with Crippen molar-refractivity contribution in [1.82, 2.24) is 5.32 Å². The van der Waals surface area contributed by atoms with Crippen LogP contribution in [0, 0.1) is 6.92 Å².